The van der Waals surface area contributed by atoms with Gasteiger partial charge in [0.15, 0.2) is 5.69 Å². The molecule has 0 saturated carbocycles. The zero-order valence-electron chi connectivity index (χ0n) is 12.0. The number of rotatable bonds is 4. The molecule has 0 aliphatic carbocycles. The van der Waals surface area contributed by atoms with Crippen molar-refractivity contribution in [2.24, 2.45) is 0 Å². The van der Waals surface area contributed by atoms with E-state index in [1.54, 1.807) is 18.2 Å². The van der Waals surface area contributed by atoms with Crippen molar-refractivity contribution in [3.05, 3.63) is 53.2 Å². The molecule has 0 atom stereocenters. The second-order valence-corrected chi connectivity index (χ2v) is 5.30. The molecule has 2 aromatic rings. The van der Waals surface area contributed by atoms with E-state index in [1.807, 2.05) is 4.90 Å². The summed E-state index contributed by atoms with van der Waals surface area (Å²) in [6.45, 7) is 1.71. The number of hydrogen-bond acceptors (Lipinski definition) is 4. The van der Waals surface area contributed by atoms with E-state index < -0.39 is 5.97 Å². The number of nitrogens with zero attached hydrogens (tertiary/aromatic N) is 3. The monoisotopic (exact) mass is 301 g/mol. The summed E-state index contributed by atoms with van der Waals surface area (Å²) >= 11 is 0. The summed E-state index contributed by atoms with van der Waals surface area (Å²) in [7, 11) is 0. The summed E-state index contributed by atoms with van der Waals surface area (Å²) in [6.07, 6.45) is 2.30. The van der Waals surface area contributed by atoms with E-state index in [2.05, 4.69) is 9.97 Å². The second-order valence-electron chi connectivity index (χ2n) is 5.30. The zero-order chi connectivity index (χ0) is 15.5. The number of hydrogen-bond donors (Lipinski definition) is 1. The van der Waals surface area contributed by atoms with Gasteiger partial charge in [0.25, 0.3) is 0 Å². The molecule has 0 bridgehead atoms. The Hall–Kier alpha value is -2.50. The molecule has 1 aromatic carbocycles. The van der Waals surface area contributed by atoms with Crippen LogP contribution in [0.25, 0.3) is 0 Å². The van der Waals surface area contributed by atoms with Crippen molar-refractivity contribution < 1.29 is 14.3 Å². The van der Waals surface area contributed by atoms with Gasteiger partial charge in [-0.15, -0.1) is 0 Å². The first kappa shape index (κ1) is 14.4. The molecule has 1 aromatic heterocycles. The summed E-state index contributed by atoms with van der Waals surface area (Å²) < 4.78 is 13.8. The van der Waals surface area contributed by atoms with Crippen LogP contribution in [0, 0.1) is 5.82 Å². The van der Waals surface area contributed by atoms with Gasteiger partial charge >= 0.3 is 5.97 Å². The van der Waals surface area contributed by atoms with Gasteiger partial charge in [-0.3, -0.25) is 0 Å². The van der Waals surface area contributed by atoms with Crippen molar-refractivity contribution in [1.29, 1.82) is 0 Å². The van der Waals surface area contributed by atoms with Crippen LogP contribution in [0.4, 0.5) is 10.2 Å². The number of aromatic carboxylic acids is 1. The highest BCUT2D eigenvalue weighted by Gasteiger charge is 2.18. The smallest absolute Gasteiger partial charge is 0.354 e. The second kappa shape index (κ2) is 6.09. The molecule has 22 heavy (non-hydrogen) atoms. The molecule has 2 heterocycles. The molecule has 5 nitrogen and oxygen atoms in total. The maximum absolute atomic E-state index is 13.8. The van der Waals surface area contributed by atoms with Gasteiger partial charge in [0.05, 0.1) is 0 Å². The SMILES string of the molecule is O=C(O)c1cc(N2CCCC2)nc(Cc2ccccc2F)n1. The first-order valence-electron chi connectivity index (χ1n) is 7.23. The predicted molar refractivity (Wildman–Crippen MR) is 79.6 cm³/mol. The normalized spacial score (nSPS) is 14.3. The molecule has 114 valence electrons. The molecule has 1 saturated heterocycles. The molecule has 1 aliphatic heterocycles. The van der Waals surface area contributed by atoms with Crippen LogP contribution in [0.15, 0.2) is 30.3 Å². The van der Waals surface area contributed by atoms with Crippen molar-refractivity contribution in [3.8, 4) is 0 Å². The molecular formula is C16H16FN3O2. The fraction of sp³-hybridized carbons (Fsp3) is 0.312. The van der Waals surface area contributed by atoms with Crippen LogP contribution < -0.4 is 4.90 Å². The number of benzene rings is 1. The van der Waals surface area contributed by atoms with E-state index in [9.17, 15) is 14.3 Å². The number of anilines is 1. The van der Waals surface area contributed by atoms with Crippen LogP contribution in [0.5, 0.6) is 0 Å². The summed E-state index contributed by atoms with van der Waals surface area (Å²) in [5, 5.41) is 9.21. The molecule has 1 aliphatic rings. The lowest BCUT2D eigenvalue weighted by Crippen LogP contribution is -2.21. The lowest BCUT2D eigenvalue weighted by molar-refractivity contribution is 0.0690. The minimum Gasteiger partial charge on any atom is -0.477 e. The van der Waals surface area contributed by atoms with Crippen molar-refractivity contribution >= 4 is 11.8 Å². The fourth-order valence-corrected chi connectivity index (χ4v) is 2.59. The first-order valence-corrected chi connectivity index (χ1v) is 7.23. The van der Waals surface area contributed by atoms with Gasteiger partial charge in [-0.1, -0.05) is 18.2 Å². The molecule has 1 fully saturated rings. The summed E-state index contributed by atoms with van der Waals surface area (Å²) in [5.41, 5.74) is 0.403. The minimum atomic E-state index is -1.10. The Balaban J connectivity index is 1.95. The number of carbonyl (C=O) groups is 1. The Morgan fingerprint density at radius 2 is 1.95 bits per heavy atom. The highest BCUT2D eigenvalue weighted by atomic mass is 19.1. The Labute approximate surface area is 127 Å². The molecule has 0 spiro atoms. The number of carboxylic acid groups (broad SMARTS) is 1. The average Bonchev–Trinajstić information content (AvgIpc) is 3.03. The largest absolute Gasteiger partial charge is 0.477 e. The molecule has 0 amide bonds. The van der Waals surface area contributed by atoms with Crippen molar-refractivity contribution in [2.45, 2.75) is 19.3 Å². The van der Waals surface area contributed by atoms with Crippen LogP contribution in [0.3, 0.4) is 0 Å². The quantitative estimate of drug-likeness (QED) is 0.940. The van der Waals surface area contributed by atoms with E-state index in [1.165, 1.54) is 12.1 Å². The number of aromatic nitrogens is 2. The molecule has 3 rings (SSSR count). The van der Waals surface area contributed by atoms with Crippen LogP contribution in [-0.4, -0.2) is 34.1 Å². The lowest BCUT2D eigenvalue weighted by Gasteiger charge is -2.17. The van der Waals surface area contributed by atoms with E-state index >= 15 is 0 Å². The summed E-state index contributed by atoms with van der Waals surface area (Å²) in [5.74, 6) is -0.504. The summed E-state index contributed by atoms with van der Waals surface area (Å²) in [6, 6.07) is 7.86. The number of halogens is 1. The Bertz CT molecular complexity index is 700. The van der Waals surface area contributed by atoms with Crippen molar-refractivity contribution in [2.75, 3.05) is 18.0 Å². The van der Waals surface area contributed by atoms with Crippen LogP contribution in [-0.2, 0) is 6.42 Å². The Kier molecular flexibility index (Phi) is 4.00. The molecule has 0 radical (unpaired) electrons. The lowest BCUT2D eigenvalue weighted by atomic mass is 10.1. The Morgan fingerprint density at radius 3 is 2.64 bits per heavy atom. The van der Waals surface area contributed by atoms with Gasteiger partial charge in [-0.2, -0.15) is 0 Å². The summed E-state index contributed by atoms with van der Waals surface area (Å²) in [4.78, 5) is 21.8. The van der Waals surface area contributed by atoms with Gasteiger partial charge in [-0.05, 0) is 24.5 Å². The predicted octanol–water partition coefficient (Wildman–Crippen LogP) is 2.50. The van der Waals surface area contributed by atoms with E-state index in [-0.39, 0.29) is 17.9 Å². The molecular weight excluding hydrogens is 285 g/mol. The topological polar surface area (TPSA) is 66.3 Å². The fourth-order valence-electron chi connectivity index (χ4n) is 2.59. The van der Waals surface area contributed by atoms with Gasteiger partial charge in [0.2, 0.25) is 0 Å². The van der Waals surface area contributed by atoms with Crippen molar-refractivity contribution in [1.82, 2.24) is 9.97 Å². The van der Waals surface area contributed by atoms with Gasteiger partial charge in [0.1, 0.15) is 17.5 Å². The zero-order valence-corrected chi connectivity index (χ0v) is 12.0. The third-order valence-electron chi connectivity index (χ3n) is 3.71. The maximum Gasteiger partial charge on any atom is 0.354 e. The molecule has 6 heteroatoms. The minimum absolute atomic E-state index is 0.0526. The van der Waals surface area contributed by atoms with Gasteiger partial charge < -0.3 is 10.0 Å². The van der Waals surface area contributed by atoms with Crippen LogP contribution >= 0.6 is 0 Å². The number of carboxylic acids is 1. The van der Waals surface area contributed by atoms with Crippen molar-refractivity contribution in [3.63, 3.8) is 0 Å². The third kappa shape index (κ3) is 3.05. The van der Waals surface area contributed by atoms with E-state index in [0.29, 0.717) is 17.2 Å². The standard InChI is InChI=1S/C16H16FN3O2/c17-12-6-2-1-5-11(12)9-14-18-13(16(21)22)10-15(19-14)20-7-3-4-8-20/h1-2,5-6,10H,3-4,7-9H2,(H,21,22). The molecule has 0 unspecified atom stereocenters. The molecule has 1 N–H and O–H groups in total. The van der Waals surface area contributed by atoms with Crippen LogP contribution in [0.2, 0.25) is 0 Å². The maximum atomic E-state index is 13.8. The van der Waals surface area contributed by atoms with Crippen LogP contribution in [0.1, 0.15) is 34.7 Å². The van der Waals surface area contributed by atoms with E-state index in [4.69, 9.17) is 0 Å². The highest BCUT2D eigenvalue weighted by molar-refractivity contribution is 5.86. The first-order chi connectivity index (χ1) is 10.6. The van der Waals surface area contributed by atoms with E-state index in [0.717, 1.165) is 25.9 Å². The van der Waals surface area contributed by atoms with Gasteiger partial charge in [-0.25, -0.2) is 19.2 Å². The Morgan fingerprint density at radius 1 is 1.23 bits per heavy atom. The third-order valence-corrected chi connectivity index (χ3v) is 3.71. The highest BCUT2D eigenvalue weighted by Crippen LogP contribution is 2.20. The van der Waals surface area contributed by atoms with Gasteiger partial charge in [0, 0.05) is 25.6 Å². The average molecular weight is 301 g/mol.